The third-order valence-corrected chi connectivity index (χ3v) is 4.46. The standard InChI is InChI=1S/C24H28N2O6/c1-16(25)24(17(2)27)22(26-30-3)15-32-21-6-4-5-19(13-21)14-31-20-10-7-18(8-11-20)9-12-23(28)29/h4-8,10-11,13,25,27H,9,12,14-15H2,1-3H3,(H,28,29)/b24-17+,25-16?,26-22+. The first-order chi connectivity index (χ1) is 15.3. The topological polar surface area (TPSA) is 121 Å². The second kappa shape index (κ2) is 12.1. The maximum Gasteiger partial charge on any atom is 0.303 e. The van der Waals surface area contributed by atoms with E-state index in [2.05, 4.69) is 5.16 Å². The Kier molecular flexibility index (Phi) is 9.28. The maximum absolute atomic E-state index is 10.7. The largest absolute Gasteiger partial charge is 0.512 e. The van der Waals surface area contributed by atoms with Crippen LogP contribution >= 0.6 is 0 Å². The van der Waals surface area contributed by atoms with Crippen molar-refractivity contribution in [2.75, 3.05) is 13.7 Å². The van der Waals surface area contributed by atoms with E-state index in [1.807, 2.05) is 42.5 Å². The normalized spacial score (nSPS) is 12.0. The first-order valence-electron chi connectivity index (χ1n) is 10.0. The summed E-state index contributed by atoms with van der Waals surface area (Å²) in [6.45, 7) is 3.37. The summed E-state index contributed by atoms with van der Waals surface area (Å²) in [5.74, 6) is 0.406. The first kappa shape index (κ1) is 24.5. The molecule has 0 fully saturated rings. The zero-order valence-electron chi connectivity index (χ0n) is 18.4. The van der Waals surface area contributed by atoms with E-state index in [1.165, 1.54) is 14.0 Å². The fraction of sp³-hybridized carbons (Fsp3) is 0.292. The number of carboxylic acids is 1. The Labute approximate surface area is 187 Å². The van der Waals surface area contributed by atoms with Crippen LogP contribution in [0.15, 0.2) is 65.0 Å². The molecule has 8 heteroatoms. The monoisotopic (exact) mass is 440 g/mol. The van der Waals surface area contributed by atoms with Gasteiger partial charge in [-0.05, 0) is 55.7 Å². The molecule has 0 aliphatic carbocycles. The molecular weight excluding hydrogens is 412 g/mol. The lowest BCUT2D eigenvalue weighted by atomic mass is 10.1. The van der Waals surface area contributed by atoms with Gasteiger partial charge in [0.15, 0.2) is 0 Å². The molecule has 0 spiro atoms. The molecule has 0 aliphatic heterocycles. The molecule has 0 atom stereocenters. The Morgan fingerprint density at radius 3 is 2.31 bits per heavy atom. The quantitative estimate of drug-likeness (QED) is 0.253. The molecule has 0 heterocycles. The van der Waals surface area contributed by atoms with E-state index in [0.29, 0.717) is 30.2 Å². The van der Waals surface area contributed by atoms with Crippen LogP contribution in [0, 0.1) is 5.41 Å². The Morgan fingerprint density at radius 1 is 1.00 bits per heavy atom. The van der Waals surface area contributed by atoms with Crippen LogP contribution in [0.2, 0.25) is 0 Å². The van der Waals surface area contributed by atoms with Gasteiger partial charge < -0.3 is 29.9 Å². The van der Waals surface area contributed by atoms with Gasteiger partial charge in [0, 0.05) is 12.1 Å². The maximum atomic E-state index is 10.7. The van der Waals surface area contributed by atoms with Crippen LogP contribution < -0.4 is 9.47 Å². The number of benzene rings is 2. The molecule has 170 valence electrons. The van der Waals surface area contributed by atoms with Gasteiger partial charge in [0.25, 0.3) is 0 Å². The summed E-state index contributed by atoms with van der Waals surface area (Å²) in [4.78, 5) is 15.5. The molecule has 0 saturated heterocycles. The van der Waals surface area contributed by atoms with Gasteiger partial charge in [-0.25, -0.2) is 0 Å². The van der Waals surface area contributed by atoms with Crippen molar-refractivity contribution in [2.45, 2.75) is 33.3 Å². The number of carboxylic acid groups (broad SMARTS) is 1. The Bertz CT molecular complexity index is 992. The van der Waals surface area contributed by atoms with Gasteiger partial charge in [-0.15, -0.1) is 0 Å². The smallest absolute Gasteiger partial charge is 0.303 e. The molecule has 0 amide bonds. The Morgan fingerprint density at radius 2 is 1.72 bits per heavy atom. The fourth-order valence-corrected chi connectivity index (χ4v) is 3.00. The summed E-state index contributed by atoms with van der Waals surface area (Å²) in [7, 11) is 1.39. The molecule has 0 aliphatic rings. The Hall–Kier alpha value is -3.81. The van der Waals surface area contributed by atoms with Gasteiger partial charge in [0.2, 0.25) is 0 Å². The van der Waals surface area contributed by atoms with Crippen LogP contribution in [-0.2, 0) is 22.7 Å². The number of aryl methyl sites for hydroxylation is 1. The minimum absolute atomic E-state index is 0.0133. The second-order valence-electron chi connectivity index (χ2n) is 7.07. The number of aliphatic hydroxyl groups excluding tert-OH is 1. The highest BCUT2D eigenvalue weighted by atomic mass is 16.6. The Balaban J connectivity index is 1.98. The molecule has 0 aromatic heterocycles. The minimum Gasteiger partial charge on any atom is -0.512 e. The molecule has 0 bridgehead atoms. The number of ether oxygens (including phenoxy) is 2. The molecule has 2 rings (SSSR count). The van der Waals surface area contributed by atoms with E-state index in [4.69, 9.17) is 24.8 Å². The number of aliphatic hydroxyl groups is 1. The fourth-order valence-electron chi connectivity index (χ4n) is 3.00. The number of rotatable bonds is 12. The number of allylic oxidation sites excluding steroid dienone is 1. The molecule has 2 aromatic carbocycles. The van der Waals surface area contributed by atoms with Crippen molar-refractivity contribution in [3.63, 3.8) is 0 Å². The minimum atomic E-state index is -0.820. The lowest BCUT2D eigenvalue weighted by Gasteiger charge is -2.13. The molecule has 8 nitrogen and oxygen atoms in total. The summed E-state index contributed by atoms with van der Waals surface area (Å²) >= 11 is 0. The second-order valence-corrected chi connectivity index (χ2v) is 7.07. The van der Waals surface area contributed by atoms with E-state index in [9.17, 15) is 9.90 Å². The van der Waals surface area contributed by atoms with Gasteiger partial charge in [0.1, 0.15) is 43.3 Å². The first-order valence-corrected chi connectivity index (χ1v) is 10.0. The van der Waals surface area contributed by atoms with Crippen LogP contribution in [0.25, 0.3) is 0 Å². The van der Waals surface area contributed by atoms with Crippen LogP contribution in [0.4, 0.5) is 0 Å². The van der Waals surface area contributed by atoms with Crippen molar-refractivity contribution in [1.82, 2.24) is 0 Å². The molecule has 0 radical (unpaired) electrons. The van der Waals surface area contributed by atoms with Crippen LogP contribution in [0.1, 0.15) is 31.4 Å². The zero-order chi connectivity index (χ0) is 23.5. The summed E-state index contributed by atoms with van der Waals surface area (Å²) in [6, 6.07) is 14.7. The summed E-state index contributed by atoms with van der Waals surface area (Å²) < 4.78 is 11.6. The van der Waals surface area contributed by atoms with E-state index in [-0.39, 0.29) is 30.1 Å². The lowest BCUT2D eigenvalue weighted by Crippen LogP contribution is -2.20. The molecule has 2 aromatic rings. The van der Waals surface area contributed by atoms with Crippen molar-refractivity contribution in [1.29, 1.82) is 5.41 Å². The number of hydrogen-bond donors (Lipinski definition) is 3. The average molecular weight is 440 g/mol. The van der Waals surface area contributed by atoms with E-state index >= 15 is 0 Å². The SMILES string of the molecule is CO/N=C(COc1cccc(COc2ccc(CCC(=O)O)cc2)c1)/C(C(C)=N)=C(\C)O. The number of carbonyl (C=O) groups is 1. The number of nitrogens with one attached hydrogen (secondary N) is 1. The number of nitrogens with zero attached hydrogens (tertiary/aromatic N) is 1. The van der Waals surface area contributed by atoms with Crippen molar-refractivity contribution in [3.8, 4) is 11.5 Å². The third kappa shape index (κ3) is 7.79. The highest BCUT2D eigenvalue weighted by molar-refractivity contribution is 6.23. The predicted octanol–water partition coefficient (Wildman–Crippen LogP) is 4.54. The van der Waals surface area contributed by atoms with E-state index < -0.39 is 5.97 Å². The van der Waals surface area contributed by atoms with Gasteiger partial charge in [-0.1, -0.05) is 29.4 Å². The number of aliphatic carboxylic acids is 1. The van der Waals surface area contributed by atoms with E-state index in [0.717, 1.165) is 11.1 Å². The molecule has 0 saturated carbocycles. The molecule has 0 unspecified atom stereocenters. The number of oxime groups is 1. The van der Waals surface area contributed by atoms with Crippen molar-refractivity contribution >= 4 is 17.4 Å². The van der Waals surface area contributed by atoms with Crippen molar-refractivity contribution < 1.29 is 29.3 Å². The molecule has 3 N–H and O–H groups in total. The van der Waals surface area contributed by atoms with Crippen LogP contribution in [0.3, 0.4) is 0 Å². The lowest BCUT2D eigenvalue weighted by molar-refractivity contribution is -0.136. The van der Waals surface area contributed by atoms with Crippen LogP contribution in [0.5, 0.6) is 11.5 Å². The van der Waals surface area contributed by atoms with Crippen molar-refractivity contribution in [2.24, 2.45) is 5.16 Å². The molecule has 32 heavy (non-hydrogen) atoms. The van der Waals surface area contributed by atoms with E-state index in [1.54, 1.807) is 13.0 Å². The average Bonchev–Trinajstić information content (AvgIpc) is 2.75. The number of hydrogen-bond acceptors (Lipinski definition) is 7. The summed E-state index contributed by atoms with van der Waals surface area (Å²) in [5.41, 5.74) is 2.57. The van der Waals surface area contributed by atoms with Crippen LogP contribution in [-0.4, -0.2) is 41.3 Å². The highest BCUT2D eigenvalue weighted by Gasteiger charge is 2.15. The van der Waals surface area contributed by atoms with Crippen molar-refractivity contribution in [3.05, 3.63) is 71.0 Å². The van der Waals surface area contributed by atoms with Gasteiger partial charge in [-0.2, -0.15) is 0 Å². The third-order valence-electron chi connectivity index (χ3n) is 4.46. The zero-order valence-corrected chi connectivity index (χ0v) is 18.4. The highest BCUT2D eigenvalue weighted by Crippen LogP contribution is 2.19. The summed E-state index contributed by atoms with van der Waals surface area (Å²) in [6.07, 6.45) is 0.575. The van der Waals surface area contributed by atoms with Gasteiger partial charge in [0.05, 0.1) is 5.57 Å². The van der Waals surface area contributed by atoms with Gasteiger partial charge >= 0.3 is 5.97 Å². The predicted molar refractivity (Wildman–Crippen MR) is 122 cm³/mol. The molecular formula is C24H28N2O6. The van der Waals surface area contributed by atoms with Gasteiger partial charge in [-0.3, -0.25) is 4.79 Å². The summed E-state index contributed by atoms with van der Waals surface area (Å²) in [5, 5.41) is 30.4.